The molecule has 0 aliphatic rings. The molecule has 0 aliphatic heterocycles. The molecule has 2 aromatic rings. The molecule has 1 N–H and O–H groups in total. The van der Waals surface area contributed by atoms with E-state index in [4.69, 9.17) is 0 Å². The van der Waals surface area contributed by atoms with E-state index in [2.05, 4.69) is 0 Å². The van der Waals surface area contributed by atoms with E-state index in [1.54, 1.807) is 6.92 Å². The Labute approximate surface area is 107 Å². The van der Waals surface area contributed by atoms with Crippen LogP contribution in [0, 0.1) is 5.92 Å². The largest absolute Gasteiger partial charge is 0.388 e. The van der Waals surface area contributed by atoms with Crippen LogP contribution in [0.25, 0.3) is 10.8 Å². The SMILES string of the molecule is CCC(=O)[C@H](C)[C@@H](O)c1ccc2ccccc2c1. The number of rotatable bonds is 4. The standard InChI is InChI=1S/C16H18O2/c1-3-15(17)11(2)16(18)14-9-8-12-6-4-5-7-13(12)10-14/h4-11,16,18H,3H2,1-2H3/t11-,16+/m0/s1. The highest BCUT2D eigenvalue weighted by Crippen LogP contribution is 2.26. The van der Waals surface area contributed by atoms with Crippen LogP contribution >= 0.6 is 0 Å². The van der Waals surface area contributed by atoms with Gasteiger partial charge in [-0.05, 0) is 22.4 Å². The summed E-state index contributed by atoms with van der Waals surface area (Å²) in [5.41, 5.74) is 0.808. The second-order valence-corrected chi connectivity index (χ2v) is 4.66. The molecule has 2 heteroatoms. The van der Waals surface area contributed by atoms with Gasteiger partial charge in [-0.25, -0.2) is 0 Å². The summed E-state index contributed by atoms with van der Waals surface area (Å²) in [5.74, 6) is -0.258. The minimum atomic E-state index is -0.720. The second kappa shape index (κ2) is 5.32. The molecule has 0 fully saturated rings. The maximum absolute atomic E-state index is 11.6. The van der Waals surface area contributed by atoms with Crippen LogP contribution in [0.1, 0.15) is 31.9 Å². The molecule has 0 spiro atoms. The van der Waals surface area contributed by atoms with Crippen LogP contribution < -0.4 is 0 Å². The first-order valence-electron chi connectivity index (χ1n) is 6.33. The Morgan fingerprint density at radius 2 is 1.83 bits per heavy atom. The van der Waals surface area contributed by atoms with Crippen molar-refractivity contribution in [2.24, 2.45) is 5.92 Å². The summed E-state index contributed by atoms with van der Waals surface area (Å²) in [5, 5.41) is 12.5. The van der Waals surface area contributed by atoms with E-state index in [1.807, 2.05) is 49.4 Å². The van der Waals surface area contributed by atoms with E-state index >= 15 is 0 Å². The molecule has 0 saturated carbocycles. The molecule has 0 heterocycles. The lowest BCUT2D eigenvalue weighted by Gasteiger charge is -2.18. The highest BCUT2D eigenvalue weighted by molar-refractivity contribution is 5.84. The molecule has 94 valence electrons. The number of hydrogen-bond acceptors (Lipinski definition) is 2. The molecule has 2 nitrogen and oxygen atoms in total. The van der Waals surface area contributed by atoms with Gasteiger partial charge in [-0.1, -0.05) is 50.2 Å². The van der Waals surface area contributed by atoms with Gasteiger partial charge in [0.1, 0.15) is 5.78 Å². The Balaban J connectivity index is 2.33. The molecule has 0 amide bonds. The fraction of sp³-hybridized carbons (Fsp3) is 0.312. The van der Waals surface area contributed by atoms with Gasteiger partial charge in [-0.3, -0.25) is 4.79 Å². The average molecular weight is 242 g/mol. The van der Waals surface area contributed by atoms with Crippen LogP contribution in [0.2, 0.25) is 0 Å². The van der Waals surface area contributed by atoms with Crippen LogP contribution in [0.3, 0.4) is 0 Å². The molecule has 0 aromatic heterocycles. The Kier molecular flexibility index (Phi) is 3.78. The second-order valence-electron chi connectivity index (χ2n) is 4.66. The summed E-state index contributed by atoms with van der Waals surface area (Å²) >= 11 is 0. The molecular formula is C16H18O2. The fourth-order valence-electron chi connectivity index (χ4n) is 2.18. The van der Waals surface area contributed by atoms with Crippen molar-refractivity contribution in [2.75, 3.05) is 0 Å². The predicted molar refractivity (Wildman–Crippen MR) is 73.4 cm³/mol. The zero-order valence-corrected chi connectivity index (χ0v) is 10.8. The summed E-state index contributed by atoms with van der Waals surface area (Å²) < 4.78 is 0. The summed E-state index contributed by atoms with van der Waals surface area (Å²) in [7, 11) is 0. The van der Waals surface area contributed by atoms with Gasteiger partial charge < -0.3 is 5.11 Å². The molecule has 0 aliphatic carbocycles. The zero-order valence-electron chi connectivity index (χ0n) is 10.8. The normalized spacial score (nSPS) is 14.4. The lowest BCUT2D eigenvalue weighted by atomic mass is 9.91. The lowest BCUT2D eigenvalue weighted by molar-refractivity contribution is -0.125. The van der Waals surface area contributed by atoms with Crippen LogP contribution in [0.5, 0.6) is 0 Å². The van der Waals surface area contributed by atoms with Crippen molar-refractivity contribution >= 4 is 16.6 Å². The van der Waals surface area contributed by atoms with Crippen LogP contribution in [-0.2, 0) is 4.79 Å². The molecule has 0 radical (unpaired) electrons. The van der Waals surface area contributed by atoms with Crippen molar-refractivity contribution in [3.8, 4) is 0 Å². The molecule has 2 atom stereocenters. The van der Waals surface area contributed by atoms with Gasteiger partial charge in [0.05, 0.1) is 6.10 Å². The number of carbonyl (C=O) groups is 1. The molecule has 0 bridgehead atoms. The van der Waals surface area contributed by atoms with Crippen LogP contribution in [-0.4, -0.2) is 10.9 Å². The number of aliphatic hydroxyl groups excluding tert-OH is 1. The zero-order chi connectivity index (χ0) is 13.1. The molecule has 0 saturated heterocycles. The van der Waals surface area contributed by atoms with Crippen molar-refractivity contribution < 1.29 is 9.90 Å². The van der Waals surface area contributed by atoms with Gasteiger partial charge in [0.2, 0.25) is 0 Å². The number of Topliss-reactive ketones (excluding diaryl/α,β-unsaturated/α-hetero) is 1. The van der Waals surface area contributed by atoms with E-state index in [1.165, 1.54) is 0 Å². The Morgan fingerprint density at radius 1 is 1.17 bits per heavy atom. The van der Waals surface area contributed by atoms with E-state index in [-0.39, 0.29) is 11.7 Å². The molecule has 2 rings (SSSR count). The maximum Gasteiger partial charge on any atom is 0.138 e. The summed E-state index contributed by atoms with van der Waals surface area (Å²) in [6.45, 7) is 3.61. The third-order valence-corrected chi connectivity index (χ3v) is 3.44. The van der Waals surface area contributed by atoms with E-state index in [0.717, 1.165) is 16.3 Å². The van der Waals surface area contributed by atoms with Gasteiger partial charge in [0.15, 0.2) is 0 Å². The van der Waals surface area contributed by atoms with E-state index in [9.17, 15) is 9.90 Å². The van der Waals surface area contributed by atoms with Crippen molar-refractivity contribution in [2.45, 2.75) is 26.4 Å². The number of aliphatic hydroxyl groups is 1. The summed E-state index contributed by atoms with van der Waals surface area (Å²) in [6, 6.07) is 13.8. The maximum atomic E-state index is 11.6. The highest BCUT2D eigenvalue weighted by atomic mass is 16.3. The van der Waals surface area contributed by atoms with E-state index in [0.29, 0.717) is 6.42 Å². The number of ketones is 1. The summed E-state index contributed by atoms with van der Waals surface area (Å²) in [6.07, 6.45) is -0.256. The van der Waals surface area contributed by atoms with Gasteiger partial charge in [0.25, 0.3) is 0 Å². The smallest absolute Gasteiger partial charge is 0.138 e. The Bertz CT molecular complexity index is 560. The van der Waals surface area contributed by atoms with E-state index < -0.39 is 6.10 Å². The number of benzene rings is 2. The van der Waals surface area contributed by atoms with Gasteiger partial charge in [-0.15, -0.1) is 0 Å². The Hall–Kier alpha value is -1.67. The van der Waals surface area contributed by atoms with Crippen molar-refractivity contribution in [1.29, 1.82) is 0 Å². The quantitative estimate of drug-likeness (QED) is 0.891. The first-order chi connectivity index (χ1) is 8.63. The Morgan fingerprint density at radius 3 is 2.50 bits per heavy atom. The first kappa shape index (κ1) is 12.8. The minimum Gasteiger partial charge on any atom is -0.388 e. The minimum absolute atomic E-state index is 0.0932. The lowest BCUT2D eigenvalue weighted by Crippen LogP contribution is -2.18. The highest BCUT2D eigenvalue weighted by Gasteiger charge is 2.21. The molecular weight excluding hydrogens is 224 g/mol. The van der Waals surface area contributed by atoms with Crippen molar-refractivity contribution in [3.63, 3.8) is 0 Å². The number of hydrogen-bond donors (Lipinski definition) is 1. The van der Waals surface area contributed by atoms with Crippen molar-refractivity contribution in [3.05, 3.63) is 48.0 Å². The molecule has 0 unspecified atom stereocenters. The van der Waals surface area contributed by atoms with Crippen molar-refractivity contribution in [1.82, 2.24) is 0 Å². The van der Waals surface area contributed by atoms with Crippen LogP contribution in [0.4, 0.5) is 0 Å². The predicted octanol–water partition coefficient (Wildman–Crippen LogP) is 3.49. The third-order valence-electron chi connectivity index (χ3n) is 3.44. The first-order valence-corrected chi connectivity index (χ1v) is 6.33. The van der Waals surface area contributed by atoms with Gasteiger partial charge in [-0.2, -0.15) is 0 Å². The number of fused-ring (bicyclic) bond motifs is 1. The topological polar surface area (TPSA) is 37.3 Å². The van der Waals surface area contributed by atoms with Gasteiger partial charge >= 0.3 is 0 Å². The average Bonchev–Trinajstić information content (AvgIpc) is 2.44. The molecule has 2 aromatic carbocycles. The monoisotopic (exact) mass is 242 g/mol. The van der Waals surface area contributed by atoms with Gasteiger partial charge in [0, 0.05) is 12.3 Å². The van der Waals surface area contributed by atoms with Crippen LogP contribution in [0.15, 0.2) is 42.5 Å². The summed E-state index contributed by atoms with van der Waals surface area (Å²) in [4.78, 5) is 11.6. The molecule has 18 heavy (non-hydrogen) atoms. The fourth-order valence-corrected chi connectivity index (χ4v) is 2.18. The number of carbonyl (C=O) groups excluding carboxylic acids is 1. The third kappa shape index (κ3) is 2.44.